The molecule has 1 atom stereocenters. The van der Waals surface area contributed by atoms with E-state index in [1.54, 1.807) is 12.4 Å². The lowest BCUT2D eigenvalue weighted by atomic mass is 9.94. The Labute approximate surface area is 178 Å². The smallest absolute Gasteiger partial charge is 0.240 e. The highest BCUT2D eigenvalue weighted by atomic mass is 35.5. The van der Waals surface area contributed by atoms with Crippen LogP contribution in [0.25, 0.3) is 11.1 Å². The first-order valence-corrected chi connectivity index (χ1v) is 10.7. The van der Waals surface area contributed by atoms with Crippen molar-refractivity contribution in [2.45, 2.75) is 25.3 Å². The van der Waals surface area contributed by atoms with Crippen molar-refractivity contribution in [1.29, 1.82) is 0 Å². The van der Waals surface area contributed by atoms with Crippen LogP contribution in [0.15, 0.2) is 42.0 Å². The number of thiazole rings is 1. The molecule has 3 aromatic rings. The Hall–Kier alpha value is -2.55. The van der Waals surface area contributed by atoms with Crippen molar-refractivity contribution in [1.82, 2.24) is 19.9 Å². The maximum Gasteiger partial charge on any atom is 0.240 e. The Bertz CT molecular complexity index is 979. The largest absolute Gasteiger partial charge is 0.368 e. The summed E-state index contributed by atoms with van der Waals surface area (Å²) in [7, 11) is 0. The van der Waals surface area contributed by atoms with Crippen molar-refractivity contribution in [2.24, 2.45) is 0 Å². The number of rotatable bonds is 5. The second-order valence-corrected chi connectivity index (χ2v) is 8.23. The molecule has 9 heteroatoms. The summed E-state index contributed by atoms with van der Waals surface area (Å²) >= 11 is 7.45. The number of hydrogen-bond donors (Lipinski definition) is 2. The van der Waals surface area contributed by atoms with Gasteiger partial charge in [0.25, 0.3) is 0 Å². The zero-order valence-corrected chi connectivity index (χ0v) is 17.3. The van der Waals surface area contributed by atoms with E-state index in [9.17, 15) is 4.79 Å². The van der Waals surface area contributed by atoms with E-state index in [1.165, 1.54) is 11.3 Å². The molecule has 7 nitrogen and oxygen atoms in total. The van der Waals surface area contributed by atoms with Gasteiger partial charge < -0.3 is 11.1 Å². The Morgan fingerprint density at radius 1 is 1.28 bits per heavy atom. The van der Waals surface area contributed by atoms with Crippen LogP contribution in [0.2, 0.25) is 5.02 Å². The van der Waals surface area contributed by atoms with Gasteiger partial charge in [-0.3, -0.25) is 9.69 Å². The van der Waals surface area contributed by atoms with Crippen LogP contribution < -0.4 is 11.1 Å². The van der Waals surface area contributed by atoms with Gasteiger partial charge in [0.15, 0.2) is 5.13 Å². The lowest BCUT2D eigenvalue weighted by Crippen LogP contribution is -2.39. The number of hydrogen-bond acceptors (Lipinski definition) is 7. The molecule has 0 bridgehead atoms. The molecule has 1 saturated heterocycles. The average molecular weight is 429 g/mol. The van der Waals surface area contributed by atoms with Gasteiger partial charge in [-0.15, -0.1) is 11.3 Å². The summed E-state index contributed by atoms with van der Waals surface area (Å²) in [5, 5.41) is 5.97. The van der Waals surface area contributed by atoms with Crippen molar-refractivity contribution in [3.63, 3.8) is 0 Å². The maximum atomic E-state index is 12.6. The summed E-state index contributed by atoms with van der Waals surface area (Å²) in [6.07, 6.45) is 6.44. The third-order valence-corrected chi connectivity index (χ3v) is 5.89. The summed E-state index contributed by atoms with van der Waals surface area (Å²) in [5.74, 6) is 0.150. The molecule has 1 amide bonds. The molecule has 4 rings (SSSR count). The number of amides is 1. The predicted molar refractivity (Wildman–Crippen MR) is 116 cm³/mol. The third-order valence-electron chi connectivity index (χ3n) is 4.95. The van der Waals surface area contributed by atoms with Gasteiger partial charge in [0, 0.05) is 28.4 Å². The highest BCUT2D eigenvalue weighted by Gasteiger charge is 2.29. The lowest BCUT2D eigenvalue weighted by Gasteiger charge is -2.35. The van der Waals surface area contributed by atoms with Crippen LogP contribution in [0.5, 0.6) is 0 Å². The van der Waals surface area contributed by atoms with Crippen molar-refractivity contribution in [3.05, 3.63) is 52.8 Å². The zero-order valence-electron chi connectivity index (χ0n) is 15.7. The molecule has 0 aliphatic carbocycles. The fourth-order valence-corrected chi connectivity index (χ4v) is 4.30. The molecule has 0 spiro atoms. The summed E-state index contributed by atoms with van der Waals surface area (Å²) in [6.45, 7) is 1.09. The van der Waals surface area contributed by atoms with Crippen molar-refractivity contribution in [2.75, 3.05) is 24.1 Å². The molecule has 2 aromatic heterocycles. The number of nitrogens with zero attached hydrogens (tertiary/aromatic N) is 4. The third kappa shape index (κ3) is 4.72. The van der Waals surface area contributed by atoms with E-state index >= 15 is 0 Å². The molecule has 3 N–H and O–H groups in total. The number of carbonyl (C=O) groups is 1. The Balaban J connectivity index is 1.61. The van der Waals surface area contributed by atoms with Crippen molar-refractivity contribution < 1.29 is 4.79 Å². The van der Waals surface area contributed by atoms with Crippen LogP contribution in [-0.4, -0.2) is 38.8 Å². The van der Waals surface area contributed by atoms with E-state index in [-0.39, 0.29) is 24.4 Å². The Kier molecular flexibility index (Phi) is 6.03. The van der Waals surface area contributed by atoms with E-state index in [1.807, 2.05) is 29.6 Å². The molecule has 1 aromatic carbocycles. The van der Waals surface area contributed by atoms with Crippen LogP contribution >= 0.6 is 22.9 Å². The van der Waals surface area contributed by atoms with Gasteiger partial charge in [-0.05, 0) is 37.1 Å². The van der Waals surface area contributed by atoms with E-state index in [2.05, 4.69) is 25.2 Å². The highest BCUT2D eigenvalue weighted by molar-refractivity contribution is 7.13. The van der Waals surface area contributed by atoms with Crippen LogP contribution in [0, 0.1) is 0 Å². The number of nitrogen functional groups attached to an aromatic ring is 1. The monoisotopic (exact) mass is 428 g/mol. The molecule has 0 saturated carbocycles. The van der Waals surface area contributed by atoms with E-state index in [0.717, 1.165) is 42.6 Å². The normalized spacial score (nSPS) is 17.2. The number of aromatic nitrogens is 3. The van der Waals surface area contributed by atoms with Crippen molar-refractivity contribution >= 4 is 39.9 Å². The fraction of sp³-hybridized carbons (Fsp3) is 0.300. The number of anilines is 2. The molecular weight excluding hydrogens is 408 g/mol. The van der Waals surface area contributed by atoms with Gasteiger partial charge in [0.2, 0.25) is 11.9 Å². The summed E-state index contributed by atoms with van der Waals surface area (Å²) in [6, 6.07) is 7.57. The van der Waals surface area contributed by atoms with E-state index < -0.39 is 0 Å². The number of carbonyl (C=O) groups excluding carboxylic acids is 1. The number of nitrogens with two attached hydrogens (primary N) is 1. The summed E-state index contributed by atoms with van der Waals surface area (Å²) in [4.78, 5) is 27.6. The number of nitrogens with one attached hydrogen (secondary N) is 1. The molecule has 150 valence electrons. The van der Waals surface area contributed by atoms with Crippen LogP contribution in [0.3, 0.4) is 0 Å². The number of benzene rings is 1. The number of likely N-dealkylation sites (tertiary alicyclic amines) is 1. The number of piperidine rings is 1. The highest BCUT2D eigenvalue weighted by Crippen LogP contribution is 2.36. The second kappa shape index (κ2) is 8.86. The predicted octanol–water partition coefficient (Wildman–Crippen LogP) is 4.00. The minimum atomic E-state index is -0.0816. The first kappa shape index (κ1) is 19.8. The van der Waals surface area contributed by atoms with Crippen LogP contribution in [0.4, 0.5) is 11.1 Å². The Morgan fingerprint density at radius 2 is 2.10 bits per heavy atom. The van der Waals surface area contributed by atoms with Crippen LogP contribution in [0.1, 0.15) is 31.0 Å². The molecule has 1 unspecified atom stereocenters. The molecule has 0 radical (unpaired) electrons. The Morgan fingerprint density at radius 3 is 2.86 bits per heavy atom. The molecule has 3 heterocycles. The van der Waals surface area contributed by atoms with Gasteiger partial charge in [-0.25, -0.2) is 15.0 Å². The van der Waals surface area contributed by atoms with Gasteiger partial charge in [-0.2, -0.15) is 0 Å². The second-order valence-electron chi connectivity index (χ2n) is 6.90. The summed E-state index contributed by atoms with van der Waals surface area (Å²) in [5.41, 5.74) is 8.66. The lowest BCUT2D eigenvalue weighted by molar-refractivity contribution is -0.118. The SMILES string of the molecule is Nc1ncc(-c2ccc(Cl)cc2)c(C2CCCCN2CC(=O)Nc2nccs2)n1. The van der Waals surface area contributed by atoms with Gasteiger partial charge >= 0.3 is 0 Å². The average Bonchev–Trinajstić information content (AvgIpc) is 3.22. The minimum absolute atomic E-state index is 0.0122. The molecule has 29 heavy (non-hydrogen) atoms. The fourth-order valence-electron chi connectivity index (χ4n) is 3.63. The standard InChI is InChI=1S/C20H21ClN6OS/c21-14-6-4-13(5-7-14)15-11-24-19(22)26-18(15)16-3-1-2-9-27(16)12-17(28)25-20-23-8-10-29-20/h4-8,10-11,16H,1-3,9,12H2,(H2,22,24,26)(H,23,25,28). The van der Waals surface area contributed by atoms with Crippen molar-refractivity contribution in [3.8, 4) is 11.1 Å². The zero-order chi connectivity index (χ0) is 20.2. The number of halogens is 1. The molecule has 1 aliphatic rings. The topological polar surface area (TPSA) is 97.0 Å². The maximum absolute atomic E-state index is 12.6. The quantitative estimate of drug-likeness (QED) is 0.637. The summed E-state index contributed by atoms with van der Waals surface area (Å²) < 4.78 is 0. The molecule has 1 aliphatic heterocycles. The van der Waals surface area contributed by atoms with Gasteiger partial charge in [0.05, 0.1) is 18.3 Å². The van der Waals surface area contributed by atoms with Gasteiger partial charge in [0.1, 0.15) is 0 Å². The molecular formula is C20H21ClN6OS. The minimum Gasteiger partial charge on any atom is -0.368 e. The molecule has 1 fully saturated rings. The van der Waals surface area contributed by atoms with Gasteiger partial charge in [-0.1, -0.05) is 30.2 Å². The van der Waals surface area contributed by atoms with E-state index in [4.69, 9.17) is 17.3 Å². The van der Waals surface area contributed by atoms with Crippen LogP contribution in [-0.2, 0) is 4.79 Å². The van der Waals surface area contributed by atoms with E-state index in [0.29, 0.717) is 10.2 Å². The first-order valence-electron chi connectivity index (χ1n) is 9.42. The first-order chi connectivity index (χ1) is 14.1.